The van der Waals surface area contributed by atoms with Gasteiger partial charge in [0.15, 0.2) is 5.96 Å². The van der Waals surface area contributed by atoms with E-state index >= 15 is 0 Å². The number of benzene rings is 1. The lowest BCUT2D eigenvalue weighted by Gasteiger charge is -2.63. The molecule has 5 rings (SSSR count). The first-order valence-electron chi connectivity index (χ1n) is 10.5. The van der Waals surface area contributed by atoms with E-state index in [1.54, 1.807) is 11.3 Å². The monoisotopic (exact) mass is 527 g/mol. The minimum Gasteiger partial charge on any atom is -0.386 e. The van der Waals surface area contributed by atoms with Crippen molar-refractivity contribution in [2.45, 2.75) is 50.9 Å². The van der Waals surface area contributed by atoms with Gasteiger partial charge in [0.1, 0.15) is 6.10 Å². The van der Waals surface area contributed by atoms with E-state index in [0.29, 0.717) is 30.0 Å². The van der Waals surface area contributed by atoms with Crippen molar-refractivity contribution in [2.75, 3.05) is 19.7 Å². The molecule has 3 fully saturated rings. The molecule has 0 bridgehead atoms. The van der Waals surface area contributed by atoms with Crippen LogP contribution in [0.25, 0.3) is 10.1 Å². The molecular weight excluding hydrogens is 497 g/mol. The Morgan fingerprint density at radius 3 is 2.93 bits per heavy atom. The number of guanidine groups is 1. The van der Waals surface area contributed by atoms with Gasteiger partial charge in [-0.3, -0.25) is 4.99 Å². The van der Waals surface area contributed by atoms with Gasteiger partial charge >= 0.3 is 0 Å². The predicted molar refractivity (Wildman–Crippen MR) is 129 cm³/mol. The standard InChI is InChI=1S/C22H29N3O2S.HI/c1-2-23-21(25-19-15-8-11-27-20(15)22(19)9-5-10-22)24-13-16(26)18-12-14-6-3-4-7-17(14)28-18;/h3-4,6-7,12,15-16,19-20,26H,2,5,8-11,13H2,1H3,(H2,23,24,25);1H. The fourth-order valence-corrected chi connectivity index (χ4v) is 6.40. The zero-order chi connectivity index (χ0) is 19.1. The lowest BCUT2D eigenvalue weighted by molar-refractivity contribution is -0.171. The predicted octanol–water partition coefficient (Wildman–Crippen LogP) is 4.07. The number of thiophene rings is 1. The second-order valence-electron chi connectivity index (χ2n) is 8.37. The Labute approximate surface area is 193 Å². The normalized spacial score (nSPS) is 28.2. The van der Waals surface area contributed by atoms with Crippen molar-refractivity contribution in [3.8, 4) is 0 Å². The van der Waals surface area contributed by atoms with Crippen LogP contribution in [0.4, 0.5) is 0 Å². The van der Waals surface area contributed by atoms with E-state index in [9.17, 15) is 5.11 Å². The third kappa shape index (κ3) is 3.68. The highest BCUT2D eigenvalue weighted by Gasteiger charge is 2.66. The van der Waals surface area contributed by atoms with Crippen LogP contribution in [0.15, 0.2) is 35.3 Å². The van der Waals surface area contributed by atoms with Crippen molar-refractivity contribution in [3.05, 3.63) is 35.2 Å². The Kier molecular flexibility index (Phi) is 6.39. The Hall–Kier alpha value is -0.900. The third-order valence-electron chi connectivity index (χ3n) is 6.87. The van der Waals surface area contributed by atoms with E-state index in [4.69, 9.17) is 9.73 Å². The van der Waals surface area contributed by atoms with E-state index in [1.165, 1.54) is 29.3 Å². The van der Waals surface area contributed by atoms with Crippen LogP contribution in [0.3, 0.4) is 0 Å². The molecule has 7 heteroatoms. The molecule has 3 N–H and O–H groups in total. The topological polar surface area (TPSA) is 65.9 Å². The maximum absolute atomic E-state index is 10.7. The maximum Gasteiger partial charge on any atom is 0.191 e. The molecule has 0 radical (unpaired) electrons. The molecule has 1 aliphatic heterocycles. The molecule has 1 spiro atoms. The molecule has 1 saturated heterocycles. The Bertz CT molecular complexity index is 849. The zero-order valence-corrected chi connectivity index (χ0v) is 19.9. The summed E-state index contributed by atoms with van der Waals surface area (Å²) in [6, 6.07) is 10.8. The van der Waals surface area contributed by atoms with E-state index in [-0.39, 0.29) is 24.0 Å². The molecule has 29 heavy (non-hydrogen) atoms. The van der Waals surface area contributed by atoms with Gasteiger partial charge in [-0.2, -0.15) is 0 Å². The van der Waals surface area contributed by atoms with Crippen LogP contribution in [0.5, 0.6) is 0 Å². The van der Waals surface area contributed by atoms with Gasteiger partial charge in [0.25, 0.3) is 0 Å². The van der Waals surface area contributed by atoms with Crippen LogP contribution in [0.1, 0.15) is 43.6 Å². The number of ether oxygens (including phenoxy) is 1. The lowest BCUT2D eigenvalue weighted by atomic mass is 9.46. The minimum absolute atomic E-state index is 0. The summed E-state index contributed by atoms with van der Waals surface area (Å²) in [4.78, 5) is 5.71. The van der Waals surface area contributed by atoms with Gasteiger partial charge in [-0.25, -0.2) is 0 Å². The second kappa shape index (κ2) is 8.69. The van der Waals surface area contributed by atoms with Gasteiger partial charge in [-0.15, -0.1) is 35.3 Å². The molecule has 3 aliphatic rings. The molecule has 2 aromatic rings. The summed E-state index contributed by atoms with van der Waals surface area (Å²) in [5.41, 5.74) is 0.321. The number of aliphatic hydroxyl groups is 1. The van der Waals surface area contributed by atoms with Crippen LogP contribution in [-0.4, -0.2) is 42.9 Å². The summed E-state index contributed by atoms with van der Waals surface area (Å²) in [5, 5.41) is 18.9. The van der Waals surface area contributed by atoms with Crippen LogP contribution < -0.4 is 10.6 Å². The number of nitrogens with one attached hydrogen (secondary N) is 2. The highest BCUT2D eigenvalue weighted by atomic mass is 127. The average molecular weight is 527 g/mol. The van der Waals surface area contributed by atoms with Gasteiger partial charge in [-0.1, -0.05) is 24.6 Å². The van der Waals surface area contributed by atoms with Crippen molar-refractivity contribution in [3.63, 3.8) is 0 Å². The van der Waals surface area contributed by atoms with Crippen LogP contribution >= 0.6 is 35.3 Å². The highest BCUT2D eigenvalue weighted by molar-refractivity contribution is 14.0. The molecule has 0 amide bonds. The largest absolute Gasteiger partial charge is 0.386 e. The quantitative estimate of drug-likeness (QED) is 0.312. The minimum atomic E-state index is -0.575. The van der Waals surface area contributed by atoms with Crippen molar-refractivity contribution >= 4 is 51.4 Å². The lowest BCUT2D eigenvalue weighted by Crippen LogP contribution is -2.72. The second-order valence-corrected chi connectivity index (χ2v) is 9.49. The fraction of sp³-hybridized carbons (Fsp3) is 0.591. The SMILES string of the molecule is CCNC(=NCC(O)c1cc2ccccc2s1)NC1C2CCOC2C12CCC2.I. The van der Waals surface area contributed by atoms with Crippen LogP contribution in [0.2, 0.25) is 0 Å². The molecule has 1 aromatic heterocycles. The zero-order valence-electron chi connectivity index (χ0n) is 16.8. The van der Waals surface area contributed by atoms with Gasteiger partial charge in [-0.05, 0) is 43.7 Å². The van der Waals surface area contributed by atoms with Crippen molar-refractivity contribution in [1.29, 1.82) is 0 Å². The number of rotatable bonds is 5. The maximum atomic E-state index is 10.7. The molecule has 2 saturated carbocycles. The van der Waals surface area contributed by atoms with Gasteiger partial charge in [0.2, 0.25) is 0 Å². The van der Waals surface area contributed by atoms with Gasteiger partial charge < -0.3 is 20.5 Å². The van der Waals surface area contributed by atoms with E-state index in [2.05, 4.69) is 35.8 Å². The van der Waals surface area contributed by atoms with E-state index in [0.717, 1.165) is 30.4 Å². The number of hydrogen-bond acceptors (Lipinski definition) is 4. The van der Waals surface area contributed by atoms with Crippen molar-refractivity contribution in [2.24, 2.45) is 16.3 Å². The highest BCUT2D eigenvalue weighted by Crippen LogP contribution is 2.62. The number of aliphatic hydroxyl groups excluding tert-OH is 1. The molecule has 1 aromatic carbocycles. The number of halogens is 1. The molecule has 4 unspecified atom stereocenters. The Morgan fingerprint density at radius 1 is 1.38 bits per heavy atom. The summed E-state index contributed by atoms with van der Waals surface area (Å²) in [6.07, 6.45) is 4.85. The number of hydrogen-bond donors (Lipinski definition) is 3. The summed E-state index contributed by atoms with van der Waals surface area (Å²) in [5.74, 6) is 1.43. The summed E-state index contributed by atoms with van der Waals surface area (Å²) >= 11 is 1.65. The number of aliphatic imine (C=N–C) groups is 1. The van der Waals surface area contributed by atoms with Crippen LogP contribution in [0, 0.1) is 11.3 Å². The summed E-state index contributed by atoms with van der Waals surface area (Å²) in [7, 11) is 0. The molecular formula is C22H30IN3O2S. The van der Waals surface area contributed by atoms with Gasteiger partial charge in [0.05, 0.1) is 12.6 Å². The molecule has 4 atom stereocenters. The van der Waals surface area contributed by atoms with Crippen molar-refractivity contribution < 1.29 is 9.84 Å². The summed E-state index contributed by atoms with van der Waals surface area (Å²) in [6.45, 7) is 4.16. The number of fused-ring (bicyclic) bond motifs is 3. The molecule has 2 heterocycles. The Balaban J connectivity index is 0.00000205. The Morgan fingerprint density at radius 2 is 2.21 bits per heavy atom. The summed E-state index contributed by atoms with van der Waals surface area (Å²) < 4.78 is 7.23. The smallest absolute Gasteiger partial charge is 0.191 e. The first-order valence-corrected chi connectivity index (χ1v) is 11.4. The molecule has 5 nitrogen and oxygen atoms in total. The van der Waals surface area contributed by atoms with E-state index < -0.39 is 6.10 Å². The van der Waals surface area contributed by atoms with E-state index in [1.807, 2.05) is 12.1 Å². The molecule has 2 aliphatic carbocycles. The fourth-order valence-electron chi connectivity index (χ4n) is 5.36. The average Bonchev–Trinajstić information content (AvgIpc) is 3.27. The first kappa shape index (κ1) is 21.3. The van der Waals surface area contributed by atoms with Crippen LogP contribution in [-0.2, 0) is 4.74 Å². The van der Waals surface area contributed by atoms with Gasteiger partial charge in [0, 0.05) is 40.1 Å². The third-order valence-corrected chi connectivity index (χ3v) is 8.09. The molecule has 158 valence electrons. The first-order chi connectivity index (χ1) is 13.7. The number of nitrogens with zero attached hydrogens (tertiary/aromatic N) is 1. The van der Waals surface area contributed by atoms with Crippen molar-refractivity contribution in [1.82, 2.24) is 10.6 Å².